The second kappa shape index (κ2) is 9.87. The van der Waals surface area contributed by atoms with Gasteiger partial charge in [-0.3, -0.25) is 0 Å². The van der Waals surface area contributed by atoms with Crippen LogP contribution in [0.3, 0.4) is 0 Å². The van der Waals surface area contributed by atoms with E-state index in [0.29, 0.717) is 25.5 Å². The Balaban J connectivity index is 1.61. The normalized spacial score (nSPS) is 15.0. The predicted octanol–water partition coefficient (Wildman–Crippen LogP) is 4.04. The largest absolute Gasteiger partial charge is 0.492 e. The standard InChI is InChI=1S/C25H27N3O3S/c1-2-31-24-16-10-9-15-23(24)27-17-19-28(20-18-27)25(21-11-5-3-6-12-21)26-32(29,30)22-13-7-4-8-14-22/h3-16H,2,17-20H2,1H3. The molecule has 0 aliphatic carbocycles. The van der Waals surface area contributed by atoms with Crippen molar-refractivity contribution in [3.8, 4) is 5.75 Å². The Morgan fingerprint density at radius 3 is 2.09 bits per heavy atom. The smallest absolute Gasteiger partial charge is 0.284 e. The summed E-state index contributed by atoms with van der Waals surface area (Å²) in [6, 6.07) is 25.9. The van der Waals surface area contributed by atoms with Crippen molar-refractivity contribution < 1.29 is 13.2 Å². The molecule has 1 aliphatic rings. The van der Waals surface area contributed by atoms with Gasteiger partial charge in [-0.05, 0) is 31.2 Å². The van der Waals surface area contributed by atoms with E-state index in [-0.39, 0.29) is 4.90 Å². The van der Waals surface area contributed by atoms with Crippen LogP contribution in [0.2, 0.25) is 0 Å². The van der Waals surface area contributed by atoms with Gasteiger partial charge in [-0.2, -0.15) is 8.42 Å². The average Bonchev–Trinajstić information content (AvgIpc) is 2.84. The molecular weight excluding hydrogens is 422 g/mol. The molecule has 3 aromatic carbocycles. The number of sulfonamides is 1. The quantitative estimate of drug-likeness (QED) is 0.420. The van der Waals surface area contributed by atoms with Crippen molar-refractivity contribution in [2.24, 2.45) is 4.40 Å². The van der Waals surface area contributed by atoms with E-state index in [1.165, 1.54) is 0 Å². The van der Waals surface area contributed by atoms with Crippen molar-refractivity contribution in [2.45, 2.75) is 11.8 Å². The summed E-state index contributed by atoms with van der Waals surface area (Å²) in [5.74, 6) is 1.35. The Labute approximate surface area is 189 Å². The molecule has 7 heteroatoms. The lowest BCUT2D eigenvalue weighted by Crippen LogP contribution is -2.49. The van der Waals surface area contributed by atoms with Gasteiger partial charge < -0.3 is 14.5 Å². The maximum atomic E-state index is 13.0. The summed E-state index contributed by atoms with van der Waals surface area (Å²) >= 11 is 0. The van der Waals surface area contributed by atoms with Gasteiger partial charge in [0, 0.05) is 31.7 Å². The number of hydrogen-bond donors (Lipinski definition) is 0. The molecule has 3 aromatic rings. The van der Waals surface area contributed by atoms with Crippen molar-refractivity contribution in [3.05, 3.63) is 90.5 Å². The van der Waals surface area contributed by atoms with Crippen molar-refractivity contribution >= 4 is 21.5 Å². The Kier molecular flexibility index (Phi) is 6.75. The van der Waals surface area contributed by atoms with E-state index in [9.17, 15) is 8.42 Å². The molecule has 0 amide bonds. The molecule has 4 rings (SSSR count). The first kappa shape index (κ1) is 21.9. The van der Waals surface area contributed by atoms with Gasteiger partial charge in [0.2, 0.25) is 0 Å². The van der Waals surface area contributed by atoms with Crippen molar-refractivity contribution in [1.82, 2.24) is 4.90 Å². The van der Waals surface area contributed by atoms with Gasteiger partial charge in [-0.25, -0.2) is 0 Å². The van der Waals surface area contributed by atoms with Crippen LogP contribution in [0.4, 0.5) is 5.69 Å². The SMILES string of the molecule is CCOc1ccccc1N1CCN(C(=NS(=O)(=O)c2ccccc2)c2ccccc2)CC1. The van der Waals surface area contributed by atoms with Crippen LogP contribution in [0.5, 0.6) is 5.75 Å². The molecule has 32 heavy (non-hydrogen) atoms. The average molecular weight is 450 g/mol. The van der Waals surface area contributed by atoms with Gasteiger partial charge in [0.1, 0.15) is 11.6 Å². The fourth-order valence-electron chi connectivity index (χ4n) is 3.79. The molecule has 0 aromatic heterocycles. The lowest BCUT2D eigenvalue weighted by Gasteiger charge is -2.38. The maximum absolute atomic E-state index is 13.0. The summed E-state index contributed by atoms with van der Waals surface area (Å²) in [6.07, 6.45) is 0. The molecule has 1 saturated heterocycles. The summed E-state index contributed by atoms with van der Waals surface area (Å²) in [5.41, 5.74) is 1.85. The lowest BCUT2D eigenvalue weighted by atomic mass is 10.1. The molecule has 0 N–H and O–H groups in total. The number of rotatable bonds is 6. The van der Waals surface area contributed by atoms with Crippen LogP contribution in [0.1, 0.15) is 12.5 Å². The summed E-state index contributed by atoms with van der Waals surface area (Å²) < 4.78 is 36.1. The fraction of sp³-hybridized carbons (Fsp3) is 0.240. The minimum absolute atomic E-state index is 0.192. The minimum atomic E-state index is -3.82. The van der Waals surface area contributed by atoms with Gasteiger partial charge in [0.05, 0.1) is 17.2 Å². The van der Waals surface area contributed by atoms with E-state index >= 15 is 0 Å². The summed E-state index contributed by atoms with van der Waals surface area (Å²) in [7, 11) is -3.82. The monoisotopic (exact) mass is 449 g/mol. The number of amidine groups is 1. The molecule has 1 fully saturated rings. The number of ether oxygens (including phenoxy) is 1. The molecule has 1 heterocycles. The molecule has 0 unspecified atom stereocenters. The highest BCUT2D eigenvalue weighted by molar-refractivity contribution is 7.90. The van der Waals surface area contributed by atoms with Gasteiger partial charge in [0.15, 0.2) is 0 Å². The summed E-state index contributed by atoms with van der Waals surface area (Å²) in [5, 5.41) is 0. The van der Waals surface area contributed by atoms with Crippen LogP contribution in [0.15, 0.2) is 94.2 Å². The van der Waals surface area contributed by atoms with Crippen LogP contribution < -0.4 is 9.64 Å². The molecular formula is C25H27N3O3S. The Morgan fingerprint density at radius 2 is 1.44 bits per heavy atom. The Bertz CT molecular complexity index is 1160. The molecule has 0 radical (unpaired) electrons. The second-order valence-electron chi connectivity index (χ2n) is 7.44. The van der Waals surface area contributed by atoms with Crippen molar-refractivity contribution in [3.63, 3.8) is 0 Å². The summed E-state index contributed by atoms with van der Waals surface area (Å²) in [6.45, 7) is 5.36. The Hall–Kier alpha value is -3.32. The molecule has 0 spiro atoms. The molecule has 6 nitrogen and oxygen atoms in total. The van der Waals surface area contributed by atoms with E-state index < -0.39 is 10.0 Å². The first-order valence-corrected chi connectivity index (χ1v) is 12.2. The van der Waals surface area contributed by atoms with E-state index in [4.69, 9.17) is 4.74 Å². The lowest BCUT2D eigenvalue weighted by molar-refractivity contribution is 0.336. The topological polar surface area (TPSA) is 62.2 Å². The van der Waals surface area contributed by atoms with Crippen LogP contribution in [0.25, 0.3) is 0 Å². The fourth-order valence-corrected chi connectivity index (χ4v) is 4.85. The number of para-hydroxylation sites is 2. The number of anilines is 1. The van der Waals surface area contributed by atoms with E-state index in [2.05, 4.69) is 20.3 Å². The zero-order valence-electron chi connectivity index (χ0n) is 18.1. The van der Waals surface area contributed by atoms with Gasteiger partial charge in [0.25, 0.3) is 10.0 Å². The van der Waals surface area contributed by atoms with Crippen LogP contribution in [-0.2, 0) is 10.0 Å². The van der Waals surface area contributed by atoms with Gasteiger partial charge in [-0.1, -0.05) is 60.7 Å². The maximum Gasteiger partial charge on any atom is 0.284 e. The summed E-state index contributed by atoms with van der Waals surface area (Å²) in [4.78, 5) is 4.52. The minimum Gasteiger partial charge on any atom is -0.492 e. The first-order chi connectivity index (χ1) is 15.6. The molecule has 0 saturated carbocycles. The molecule has 1 aliphatic heterocycles. The second-order valence-corrected chi connectivity index (χ2v) is 9.05. The number of nitrogens with zero attached hydrogens (tertiary/aromatic N) is 3. The van der Waals surface area contributed by atoms with E-state index in [1.807, 2.05) is 55.5 Å². The van der Waals surface area contributed by atoms with E-state index in [0.717, 1.165) is 30.1 Å². The molecule has 0 atom stereocenters. The van der Waals surface area contributed by atoms with Crippen LogP contribution in [0, 0.1) is 0 Å². The van der Waals surface area contributed by atoms with Gasteiger partial charge in [-0.15, -0.1) is 4.40 Å². The number of hydrogen-bond acceptors (Lipinski definition) is 4. The Morgan fingerprint density at radius 1 is 0.844 bits per heavy atom. The van der Waals surface area contributed by atoms with Gasteiger partial charge >= 0.3 is 0 Å². The predicted molar refractivity (Wildman–Crippen MR) is 128 cm³/mol. The van der Waals surface area contributed by atoms with Crippen molar-refractivity contribution in [2.75, 3.05) is 37.7 Å². The highest BCUT2D eigenvalue weighted by atomic mass is 32.2. The highest BCUT2D eigenvalue weighted by Crippen LogP contribution is 2.29. The van der Waals surface area contributed by atoms with Crippen LogP contribution >= 0.6 is 0 Å². The first-order valence-electron chi connectivity index (χ1n) is 10.8. The molecule has 0 bridgehead atoms. The molecule has 166 valence electrons. The van der Waals surface area contributed by atoms with E-state index in [1.54, 1.807) is 30.3 Å². The highest BCUT2D eigenvalue weighted by Gasteiger charge is 2.25. The zero-order chi connectivity index (χ0) is 22.4. The zero-order valence-corrected chi connectivity index (χ0v) is 18.9. The number of benzene rings is 3. The number of piperazine rings is 1. The third-order valence-corrected chi connectivity index (χ3v) is 6.65. The third-order valence-electron chi connectivity index (χ3n) is 5.36. The van der Waals surface area contributed by atoms with Crippen LogP contribution in [-0.4, -0.2) is 51.9 Å². The van der Waals surface area contributed by atoms with Crippen molar-refractivity contribution in [1.29, 1.82) is 0 Å². The third kappa shape index (κ3) is 4.94.